The average molecular weight is 341 g/mol. The van der Waals surface area contributed by atoms with Crippen LogP contribution in [0.2, 0.25) is 0 Å². The van der Waals surface area contributed by atoms with Gasteiger partial charge in [-0.05, 0) is 47.9 Å². The lowest BCUT2D eigenvalue weighted by atomic mass is 10.0. The van der Waals surface area contributed by atoms with E-state index in [-0.39, 0.29) is 0 Å². The molecular weight excluding hydrogens is 322 g/mol. The monoisotopic (exact) mass is 341 g/mol. The maximum absolute atomic E-state index is 4.44. The third-order valence-electron chi connectivity index (χ3n) is 4.27. The molecule has 0 atom stereocenters. The molecule has 0 radical (unpaired) electrons. The van der Waals surface area contributed by atoms with Gasteiger partial charge < -0.3 is 0 Å². The van der Waals surface area contributed by atoms with Crippen LogP contribution in [0.3, 0.4) is 0 Å². The summed E-state index contributed by atoms with van der Waals surface area (Å²) in [6.45, 7) is 4.37. The fourth-order valence-electron chi connectivity index (χ4n) is 2.86. The molecule has 0 fully saturated rings. The number of aromatic nitrogens is 5. The number of hydrogen-bond acceptors (Lipinski definition) is 4. The molecule has 4 rings (SSSR count). The molecule has 0 saturated heterocycles. The van der Waals surface area contributed by atoms with Gasteiger partial charge in [0, 0.05) is 18.1 Å². The molecule has 0 aliphatic carbocycles. The zero-order valence-electron chi connectivity index (χ0n) is 14.7. The topological polar surface area (TPSA) is 56.5 Å². The molecule has 0 unspecified atom stereocenters. The summed E-state index contributed by atoms with van der Waals surface area (Å²) >= 11 is 0. The Morgan fingerprint density at radius 2 is 1.23 bits per heavy atom. The molecule has 0 aliphatic heterocycles. The zero-order valence-corrected chi connectivity index (χ0v) is 14.7. The molecule has 0 bridgehead atoms. The molecule has 3 heterocycles. The molecule has 0 amide bonds. The van der Waals surface area contributed by atoms with Crippen LogP contribution in [-0.2, 0) is 0 Å². The van der Waals surface area contributed by atoms with Crippen molar-refractivity contribution in [3.63, 3.8) is 0 Å². The van der Waals surface area contributed by atoms with E-state index >= 15 is 0 Å². The first kappa shape index (κ1) is 16.1. The molecule has 26 heavy (non-hydrogen) atoms. The summed E-state index contributed by atoms with van der Waals surface area (Å²) in [6.07, 6.45) is 3.52. The van der Waals surface area contributed by atoms with Gasteiger partial charge in [0.2, 0.25) is 0 Å². The number of hydrogen-bond donors (Lipinski definition) is 0. The van der Waals surface area contributed by atoms with Gasteiger partial charge in [-0.1, -0.05) is 38.1 Å². The predicted molar refractivity (Wildman–Crippen MR) is 102 cm³/mol. The Balaban J connectivity index is 1.91. The van der Waals surface area contributed by atoms with Crippen molar-refractivity contribution in [2.75, 3.05) is 0 Å². The van der Waals surface area contributed by atoms with Crippen molar-refractivity contribution in [1.29, 1.82) is 0 Å². The van der Waals surface area contributed by atoms with Gasteiger partial charge in [-0.3, -0.25) is 14.5 Å². The van der Waals surface area contributed by atoms with Crippen molar-refractivity contribution < 1.29 is 0 Å². The molecule has 0 aliphatic rings. The first-order chi connectivity index (χ1) is 12.7. The molecular formula is C21H19N5. The largest absolute Gasteiger partial charge is 0.272 e. The summed E-state index contributed by atoms with van der Waals surface area (Å²) in [5.41, 5.74) is 3.83. The molecule has 1 aromatic carbocycles. The average Bonchev–Trinajstić information content (AvgIpc) is 3.14. The molecule has 4 aromatic rings. The number of nitrogens with zero attached hydrogens (tertiary/aromatic N) is 5. The van der Waals surface area contributed by atoms with Gasteiger partial charge in [0.1, 0.15) is 11.4 Å². The number of benzene rings is 1. The maximum Gasteiger partial charge on any atom is 0.187 e. The van der Waals surface area contributed by atoms with Gasteiger partial charge in [-0.25, -0.2) is 0 Å². The third-order valence-corrected chi connectivity index (χ3v) is 4.27. The normalized spacial score (nSPS) is 11.0. The highest BCUT2D eigenvalue weighted by atomic mass is 15.3. The summed E-state index contributed by atoms with van der Waals surface area (Å²) < 4.78 is 2.01. The van der Waals surface area contributed by atoms with E-state index in [4.69, 9.17) is 0 Å². The molecule has 0 spiro atoms. The molecule has 3 aromatic heterocycles. The number of rotatable bonds is 4. The van der Waals surface area contributed by atoms with Crippen LogP contribution in [0.15, 0.2) is 73.1 Å². The summed E-state index contributed by atoms with van der Waals surface area (Å²) in [7, 11) is 0. The highest BCUT2D eigenvalue weighted by molar-refractivity contribution is 5.62. The van der Waals surface area contributed by atoms with Gasteiger partial charge in [0.15, 0.2) is 11.6 Å². The Morgan fingerprint density at radius 1 is 0.692 bits per heavy atom. The van der Waals surface area contributed by atoms with Gasteiger partial charge in [0.05, 0.1) is 0 Å². The van der Waals surface area contributed by atoms with Crippen LogP contribution in [-0.4, -0.2) is 24.7 Å². The minimum Gasteiger partial charge on any atom is -0.272 e. The summed E-state index contributed by atoms with van der Waals surface area (Å²) in [5, 5.41) is 8.81. The Bertz CT molecular complexity index is 933. The second-order valence-electron chi connectivity index (χ2n) is 6.36. The Labute approximate surface area is 152 Å². The minimum atomic E-state index is 0.482. The van der Waals surface area contributed by atoms with Crippen LogP contribution in [0.5, 0.6) is 0 Å². The number of pyridine rings is 2. The van der Waals surface area contributed by atoms with Gasteiger partial charge in [-0.15, -0.1) is 10.2 Å². The summed E-state index contributed by atoms with van der Waals surface area (Å²) in [4.78, 5) is 8.89. The fourth-order valence-corrected chi connectivity index (χ4v) is 2.86. The van der Waals surface area contributed by atoms with E-state index in [2.05, 4.69) is 58.3 Å². The van der Waals surface area contributed by atoms with Crippen LogP contribution in [0.1, 0.15) is 25.3 Å². The standard InChI is InChI=1S/C21H19N5/c1-15(2)16-9-11-17(12-10-16)26-20(18-7-3-5-13-22-18)24-25-21(26)19-8-4-6-14-23-19/h3-15H,1-2H3. The lowest BCUT2D eigenvalue weighted by Gasteiger charge is -2.12. The smallest absolute Gasteiger partial charge is 0.187 e. The Hall–Kier alpha value is -3.34. The predicted octanol–water partition coefficient (Wildman–Crippen LogP) is 4.51. The van der Waals surface area contributed by atoms with Crippen molar-refractivity contribution in [2.24, 2.45) is 0 Å². The van der Waals surface area contributed by atoms with E-state index in [1.165, 1.54) is 5.56 Å². The lowest BCUT2D eigenvalue weighted by Crippen LogP contribution is -2.02. The zero-order chi connectivity index (χ0) is 17.9. The van der Waals surface area contributed by atoms with Crippen molar-refractivity contribution in [1.82, 2.24) is 24.7 Å². The summed E-state index contributed by atoms with van der Waals surface area (Å²) in [6, 6.07) is 20.0. The van der Waals surface area contributed by atoms with Crippen molar-refractivity contribution in [3.05, 3.63) is 78.6 Å². The summed E-state index contributed by atoms with van der Waals surface area (Å²) in [5.74, 6) is 1.88. The quantitative estimate of drug-likeness (QED) is 0.548. The molecule has 5 nitrogen and oxygen atoms in total. The van der Waals surface area contributed by atoms with Gasteiger partial charge in [-0.2, -0.15) is 0 Å². The molecule has 0 N–H and O–H groups in total. The minimum absolute atomic E-state index is 0.482. The lowest BCUT2D eigenvalue weighted by molar-refractivity contribution is 0.865. The highest BCUT2D eigenvalue weighted by Crippen LogP contribution is 2.27. The molecule has 0 saturated carbocycles. The van der Waals surface area contributed by atoms with E-state index in [0.29, 0.717) is 17.6 Å². The van der Waals surface area contributed by atoms with E-state index in [1.54, 1.807) is 12.4 Å². The second kappa shape index (κ2) is 6.88. The fraction of sp³-hybridized carbons (Fsp3) is 0.143. The van der Waals surface area contributed by atoms with Gasteiger partial charge in [0.25, 0.3) is 0 Å². The Kier molecular flexibility index (Phi) is 4.27. The van der Waals surface area contributed by atoms with Crippen molar-refractivity contribution in [3.8, 4) is 28.7 Å². The van der Waals surface area contributed by atoms with E-state index in [9.17, 15) is 0 Å². The molecule has 5 heteroatoms. The van der Waals surface area contributed by atoms with Gasteiger partial charge >= 0.3 is 0 Å². The van der Waals surface area contributed by atoms with E-state index < -0.39 is 0 Å². The Morgan fingerprint density at radius 3 is 1.65 bits per heavy atom. The third kappa shape index (κ3) is 2.99. The van der Waals surface area contributed by atoms with Crippen molar-refractivity contribution in [2.45, 2.75) is 19.8 Å². The van der Waals surface area contributed by atoms with Crippen LogP contribution >= 0.6 is 0 Å². The van der Waals surface area contributed by atoms with Crippen molar-refractivity contribution >= 4 is 0 Å². The first-order valence-corrected chi connectivity index (χ1v) is 8.62. The van der Waals surface area contributed by atoms with Crippen LogP contribution in [0.4, 0.5) is 0 Å². The maximum atomic E-state index is 4.44. The van der Waals surface area contributed by atoms with Crippen LogP contribution in [0.25, 0.3) is 28.7 Å². The SMILES string of the molecule is CC(C)c1ccc(-n2c(-c3ccccn3)nnc2-c2ccccn2)cc1. The second-order valence-corrected chi connectivity index (χ2v) is 6.36. The van der Waals surface area contributed by atoms with Crippen LogP contribution < -0.4 is 0 Å². The van der Waals surface area contributed by atoms with Crippen LogP contribution in [0, 0.1) is 0 Å². The molecule has 128 valence electrons. The first-order valence-electron chi connectivity index (χ1n) is 8.62. The van der Waals surface area contributed by atoms with E-state index in [0.717, 1.165) is 17.1 Å². The highest BCUT2D eigenvalue weighted by Gasteiger charge is 2.18. The van der Waals surface area contributed by atoms with E-state index in [1.807, 2.05) is 41.0 Å².